The van der Waals surface area contributed by atoms with Gasteiger partial charge in [-0.25, -0.2) is 4.79 Å². The number of amides is 1. The molecular formula is C22H32N2O3. The van der Waals surface area contributed by atoms with Crippen molar-refractivity contribution in [3.05, 3.63) is 29.1 Å². The van der Waals surface area contributed by atoms with E-state index in [1.54, 1.807) is 13.0 Å². The van der Waals surface area contributed by atoms with E-state index in [2.05, 4.69) is 36.7 Å². The van der Waals surface area contributed by atoms with Crippen LogP contribution < -0.4 is 5.32 Å². The van der Waals surface area contributed by atoms with Gasteiger partial charge in [0.1, 0.15) is 0 Å². The van der Waals surface area contributed by atoms with Crippen molar-refractivity contribution in [2.75, 3.05) is 0 Å². The van der Waals surface area contributed by atoms with Gasteiger partial charge in [-0.2, -0.15) is 0 Å². The van der Waals surface area contributed by atoms with E-state index in [0.29, 0.717) is 12.0 Å². The molecule has 0 aromatic carbocycles. The average Bonchev–Trinajstić information content (AvgIpc) is 3.41. The van der Waals surface area contributed by atoms with E-state index >= 15 is 0 Å². The number of hydrogen-bond acceptors (Lipinski definition) is 3. The Labute approximate surface area is 162 Å². The number of carbonyl (C=O) groups excluding carboxylic acids is 2. The number of nitrogens with one attached hydrogen (secondary N) is 1. The summed E-state index contributed by atoms with van der Waals surface area (Å²) in [6, 6.07) is 2.90. The van der Waals surface area contributed by atoms with Crippen LogP contribution in [0.5, 0.6) is 0 Å². The van der Waals surface area contributed by atoms with E-state index in [9.17, 15) is 9.59 Å². The molecule has 3 rings (SSSR count). The third-order valence-corrected chi connectivity index (χ3v) is 5.94. The Morgan fingerprint density at radius 1 is 1.22 bits per heavy atom. The molecule has 5 nitrogen and oxygen atoms in total. The van der Waals surface area contributed by atoms with Crippen LogP contribution in [-0.4, -0.2) is 28.6 Å². The van der Waals surface area contributed by atoms with E-state index < -0.39 is 12.1 Å². The second-order valence-corrected chi connectivity index (χ2v) is 8.22. The fraction of sp³-hybridized carbons (Fsp3) is 0.636. The van der Waals surface area contributed by atoms with Crippen LogP contribution in [0.4, 0.5) is 0 Å². The number of hydrogen-bond donors (Lipinski definition) is 1. The van der Waals surface area contributed by atoms with Crippen LogP contribution in [0.15, 0.2) is 12.1 Å². The van der Waals surface area contributed by atoms with Gasteiger partial charge in [0.2, 0.25) is 0 Å². The van der Waals surface area contributed by atoms with E-state index in [4.69, 9.17) is 4.74 Å². The highest BCUT2D eigenvalue weighted by Gasteiger charge is 2.27. The topological polar surface area (TPSA) is 60.3 Å². The minimum Gasteiger partial charge on any atom is -0.449 e. The number of esters is 1. The summed E-state index contributed by atoms with van der Waals surface area (Å²) < 4.78 is 7.64. The van der Waals surface area contributed by atoms with Crippen molar-refractivity contribution in [1.29, 1.82) is 0 Å². The highest BCUT2D eigenvalue weighted by Crippen LogP contribution is 2.38. The molecule has 1 aromatic heterocycles. The van der Waals surface area contributed by atoms with E-state index in [1.807, 2.05) is 0 Å². The molecule has 148 valence electrons. The summed E-state index contributed by atoms with van der Waals surface area (Å²) in [4.78, 5) is 24.5. The summed E-state index contributed by atoms with van der Waals surface area (Å²) in [7, 11) is 0. The highest BCUT2D eigenvalue weighted by molar-refractivity contribution is 5.90. The number of ether oxygens (including phenoxy) is 1. The molecule has 3 atom stereocenters. The summed E-state index contributed by atoms with van der Waals surface area (Å²) in [5.74, 6) is -0.208. The van der Waals surface area contributed by atoms with Gasteiger partial charge in [0.15, 0.2) is 6.10 Å². The number of nitrogens with zero attached hydrogens (tertiary/aromatic N) is 1. The fourth-order valence-corrected chi connectivity index (χ4v) is 4.12. The molecule has 0 bridgehead atoms. The zero-order chi connectivity index (χ0) is 19.6. The molecule has 0 saturated heterocycles. The second-order valence-electron chi connectivity index (χ2n) is 8.22. The van der Waals surface area contributed by atoms with Crippen molar-refractivity contribution >= 4 is 18.0 Å². The van der Waals surface area contributed by atoms with E-state index in [1.165, 1.54) is 36.7 Å². The molecule has 2 aliphatic rings. The molecule has 0 spiro atoms. The number of aromatic nitrogens is 1. The Morgan fingerprint density at radius 3 is 2.59 bits per heavy atom. The SMILES string of the molecule is Cc1cc(/C=C/C(=O)O[C@H](C)C(=O)N[C@@H]2CCCC[C@@H]2C)c(C)n1C1CC1. The van der Waals surface area contributed by atoms with Gasteiger partial charge in [0.05, 0.1) is 0 Å². The van der Waals surface area contributed by atoms with Crippen molar-refractivity contribution in [3.63, 3.8) is 0 Å². The summed E-state index contributed by atoms with van der Waals surface area (Å²) in [6.07, 6.45) is 9.40. The van der Waals surface area contributed by atoms with Gasteiger partial charge in [-0.15, -0.1) is 0 Å². The Kier molecular flexibility index (Phi) is 6.08. The molecule has 2 aliphatic carbocycles. The van der Waals surface area contributed by atoms with Gasteiger partial charge in [0, 0.05) is 29.5 Å². The standard InChI is InChI=1S/C22H32N2O3/c1-14-7-5-6-8-20(14)23-22(26)17(4)27-21(25)12-9-18-13-15(2)24(16(18)3)19-10-11-19/h9,12-14,17,19-20H,5-8,10-11H2,1-4H3,(H,23,26)/b12-9+/t14-,17+,20+/m0/s1. The first-order valence-electron chi connectivity index (χ1n) is 10.2. The van der Waals surface area contributed by atoms with Gasteiger partial charge in [-0.05, 0) is 70.1 Å². The van der Waals surface area contributed by atoms with Crippen LogP contribution in [0.25, 0.3) is 6.08 Å². The highest BCUT2D eigenvalue weighted by atomic mass is 16.5. The molecule has 1 aromatic rings. The molecule has 0 unspecified atom stereocenters. The van der Waals surface area contributed by atoms with Crippen molar-refractivity contribution in [1.82, 2.24) is 9.88 Å². The minimum absolute atomic E-state index is 0.191. The predicted molar refractivity (Wildman–Crippen MR) is 106 cm³/mol. The normalized spacial score (nSPS) is 24.0. The maximum Gasteiger partial charge on any atom is 0.331 e. The summed E-state index contributed by atoms with van der Waals surface area (Å²) >= 11 is 0. The molecule has 27 heavy (non-hydrogen) atoms. The molecule has 0 radical (unpaired) electrons. The zero-order valence-corrected chi connectivity index (χ0v) is 17.0. The van der Waals surface area contributed by atoms with Crippen molar-refractivity contribution in [2.24, 2.45) is 5.92 Å². The van der Waals surface area contributed by atoms with Crippen molar-refractivity contribution in [3.8, 4) is 0 Å². The van der Waals surface area contributed by atoms with Crippen LogP contribution in [0.1, 0.15) is 75.4 Å². The third kappa shape index (κ3) is 4.82. The van der Waals surface area contributed by atoms with Crippen LogP contribution in [0.2, 0.25) is 0 Å². The van der Waals surface area contributed by atoms with Crippen LogP contribution in [0.3, 0.4) is 0 Å². The second kappa shape index (κ2) is 8.32. The maximum atomic E-state index is 12.3. The average molecular weight is 373 g/mol. The number of aryl methyl sites for hydroxylation is 1. The molecule has 2 fully saturated rings. The zero-order valence-electron chi connectivity index (χ0n) is 17.0. The van der Waals surface area contributed by atoms with Gasteiger partial charge in [-0.1, -0.05) is 19.8 Å². The first-order valence-corrected chi connectivity index (χ1v) is 10.2. The Morgan fingerprint density at radius 2 is 1.93 bits per heavy atom. The third-order valence-electron chi connectivity index (χ3n) is 5.94. The quantitative estimate of drug-likeness (QED) is 0.605. The largest absolute Gasteiger partial charge is 0.449 e. The molecule has 2 saturated carbocycles. The van der Waals surface area contributed by atoms with Gasteiger partial charge in [-0.3, -0.25) is 4.79 Å². The lowest BCUT2D eigenvalue weighted by molar-refractivity contribution is -0.150. The van der Waals surface area contributed by atoms with Crippen LogP contribution in [0, 0.1) is 19.8 Å². The first kappa shape index (κ1) is 19.7. The summed E-state index contributed by atoms with van der Waals surface area (Å²) in [6.45, 7) is 7.98. The lowest BCUT2D eigenvalue weighted by Crippen LogP contribution is -2.45. The maximum absolute atomic E-state index is 12.3. The van der Waals surface area contributed by atoms with Gasteiger partial charge >= 0.3 is 5.97 Å². The van der Waals surface area contributed by atoms with Gasteiger partial charge < -0.3 is 14.6 Å². The smallest absolute Gasteiger partial charge is 0.331 e. The summed E-state index contributed by atoms with van der Waals surface area (Å²) in [5, 5.41) is 3.04. The Balaban J connectivity index is 1.53. The number of carbonyl (C=O) groups is 2. The van der Waals surface area contributed by atoms with E-state index in [0.717, 1.165) is 24.8 Å². The van der Waals surface area contributed by atoms with Crippen molar-refractivity contribution in [2.45, 2.75) is 84.4 Å². The lowest BCUT2D eigenvalue weighted by atomic mass is 9.86. The molecule has 1 N–H and O–H groups in total. The molecule has 5 heteroatoms. The Bertz CT molecular complexity index is 730. The van der Waals surface area contributed by atoms with Crippen LogP contribution in [-0.2, 0) is 14.3 Å². The predicted octanol–water partition coefficient (Wildman–Crippen LogP) is 4.08. The monoisotopic (exact) mass is 372 g/mol. The Hall–Kier alpha value is -2.04. The lowest BCUT2D eigenvalue weighted by Gasteiger charge is -2.30. The molecule has 0 aliphatic heterocycles. The molecule has 1 heterocycles. The first-order chi connectivity index (χ1) is 12.9. The minimum atomic E-state index is -0.782. The number of rotatable bonds is 6. The molecular weight excluding hydrogens is 340 g/mol. The summed E-state index contributed by atoms with van der Waals surface area (Å²) in [5.41, 5.74) is 3.43. The van der Waals surface area contributed by atoms with Crippen LogP contribution >= 0.6 is 0 Å². The van der Waals surface area contributed by atoms with Gasteiger partial charge in [0.25, 0.3) is 5.91 Å². The van der Waals surface area contributed by atoms with Crippen molar-refractivity contribution < 1.29 is 14.3 Å². The molecule has 1 amide bonds. The van der Waals surface area contributed by atoms with E-state index in [-0.39, 0.29) is 11.9 Å². The fourth-order valence-electron chi connectivity index (χ4n) is 4.12.